The van der Waals surface area contributed by atoms with Crippen molar-refractivity contribution in [2.45, 2.75) is 45.4 Å². The van der Waals surface area contributed by atoms with Crippen molar-refractivity contribution in [2.24, 2.45) is 0 Å². The molecule has 1 aliphatic heterocycles. The maximum Gasteiger partial charge on any atom is 0.416 e. The lowest BCUT2D eigenvalue weighted by Gasteiger charge is -2.31. The number of fused-ring (bicyclic) bond motifs is 1. The fourth-order valence-corrected chi connectivity index (χ4v) is 3.48. The van der Waals surface area contributed by atoms with Crippen LogP contribution in [0, 0.1) is 0 Å². The number of ether oxygens (including phenoxy) is 2. The predicted octanol–water partition coefficient (Wildman–Crippen LogP) is -1.28. The third-order valence-electron chi connectivity index (χ3n) is 4.82. The van der Waals surface area contributed by atoms with E-state index in [2.05, 4.69) is 5.32 Å². The molecule has 2 aromatic rings. The third-order valence-corrected chi connectivity index (χ3v) is 4.82. The van der Waals surface area contributed by atoms with Crippen molar-refractivity contribution in [3.63, 3.8) is 0 Å². The maximum atomic E-state index is 13.1. The molecule has 1 aromatic heterocycles. The number of aromatic nitrogens is 2. The summed E-state index contributed by atoms with van der Waals surface area (Å²) in [6.07, 6.45) is 3.35. The Morgan fingerprint density at radius 2 is 1.91 bits per heavy atom. The molecule has 1 N–H and O–H groups in total. The normalized spacial score (nSPS) is 15.4. The number of methoxy groups -OCH3 is 1. The van der Waals surface area contributed by atoms with Crippen molar-refractivity contribution in [3.05, 3.63) is 54.1 Å². The summed E-state index contributed by atoms with van der Waals surface area (Å²) in [5, 5.41) is 2.62. The lowest BCUT2D eigenvalue weighted by molar-refractivity contribution is -0.687. The van der Waals surface area contributed by atoms with Crippen LogP contribution in [0.25, 0.3) is 0 Å². The number of nitrogens with one attached hydrogen (secondary N) is 1. The number of esters is 1. The van der Waals surface area contributed by atoms with Crippen LogP contribution in [0.3, 0.4) is 0 Å². The molecular weight excluding hydrogens is 480 g/mol. The highest BCUT2D eigenvalue weighted by molar-refractivity contribution is 5.87. The number of hydrogen-bond acceptors (Lipinski definition) is 5. The van der Waals surface area contributed by atoms with Gasteiger partial charge in [0.1, 0.15) is 24.4 Å². The molecule has 0 saturated heterocycles. The molecule has 10 heteroatoms. The van der Waals surface area contributed by atoms with Gasteiger partial charge in [-0.2, -0.15) is 0 Å². The van der Waals surface area contributed by atoms with E-state index in [9.17, 15) is 14.4 Å². The molecule has 1 aliphatic rings. The first kappa shape index (κ1) is 25.4. The molecule has 3 rings (SSSR count). The molecule has 1 atom stereocenters. The van der Waals surface area contributed by atoms with Crippen molar-refractivity contribution in [3.8, 4) is 0 Å². The Kier molecular flexibility index (Phi) is 8.43. The van der Waals surface area contributed by atoms with Crippen molar-refractivity contribution in [2.75, 3.05) is 20.2 Å². The number of hydrogen-bond donors (Lipinski definition) is 1. The van der Waals surface area contributed by atoms with Crippen LogP contribution >= 0.6 is 0 Å². The second-order valence-electron chi connectivity index (χ2n) is 8.41. The summed E-state index contributed by atoms with van der Waals surface area (Å²) < 4.78 is 13.6. The lowest BCUT2D eigenvalue weighted by atomic mass is 10.1. The molecule has 0 fully saturated rings. The first-order chi connectivity index (χ1) is 14.7. The van der Waals surface area contributed by atoms with Gasteiger partial charge in [-0.3, -0.25) is 4.90 Å². The van der Waals surface area contributed by atoms with Crippen molar-refractivity contribution in [1.29, 1.82) is 0 Å². The van der Waals surface area contributed by atoms with Gasteiger partial charge in [0.25, 0.3) is 6.33 Å². The second kappa shape index (κ2) is 10.6. The number of rotatable bonds is 6. The van der Waals surface area contributed by atoms with E-state index in [0.29, 0.717) is 13.0 Å². The van der Waals surface area contributed by atoms with E-state index in [4.69, 9.17) is 9.47 Å². The standard InChI is InChI=1S/C22H28N4O5.BrH/c1-22(2,3)31-20(28)23-10-11-25-18(19(27)30-4)12-17-14-24(15-26(17)21(25)29)13-16-8-6-5-7-9-16;/h5-9,14-15,18H,10-13H2,1-4H3;1H. The van der Waals surface area contributed by atoms with E-state index in [1.807, 2.05) is 41.1 Å². The highest BCUT2D eigenvalue weighted by Gasteiger charge is 2.41. The molecule has 32 heavy (non-hydrogen) atoms. The van der Waals surface area contributed by atoms with Crippen LogP contribution in [0.1, 0.15) is 32.0 Å². The summed E-state index contributed by atoms with van der Waals surface area (Å²) >= 11 is 0. The minimum Gasteiger partial charge on any atom is -1.00 e. The molecule has 1 aromatic carbocycles. The molecule has 0 saturated carbocycles. The van der Waals surface area contributed by atoms with Gasteiger partial charge < -0.3 is 31.8 Å². The number of benzene rings is 1. The van der Waals surface area contributed by atoms with Gasteiger partial charge >= 0.3 is 18.1 Å². The van der Waals surface area contributed by atoms with Crippen LogP contribution in [0.4, 0.5) is 9.59 Å². The van der Waals surface area contributed by atoms with Gasteiger partial charge in [0, 0.05) is 19.5 Å². The van der Waals surface area contributed by atoms with Gasteiger partial charge in [0.2, 0.25) is 0 Å². The molecule has 1 unspecified atom stereocenters. The number of carbonyl (C=O) groups is 3. The van der Waals surface area contributed by atoms with Crippen LogP contribution < -0.4 is 26.9 Å². The number of halogens is 1. The molecule has 0 spiro atoms. The Balaban J connectivity index is 0.00000363. The zero-order chi connectivity index (χ0) is 22.6. The Labute approximate surface area is 198 Å². The fraction of sp³-hybridized carbons (Fsp3) is 0.455. The average Bonchev–Trinajstić information content (AvgIpc) is 3.11. The molecule has 174 valence electrons. The number of carbonyl (C=O) groups excluding carboxylic acids is 3. The van der Waals surface area contributed by atoms with E-state index in [1.54, 1.807) is 27.1 Å². The molecule has 0 aliphatic carbocycles. The summed E-state index contributed by atoms with van der Waals surface area (Å²) in [4.78, 5) is 38.8. The highest BCUT2D eigenvalue weighted by atomic mass is 79.9. The predicted molar refractivity (Wildman–Crippen MR) is 111 cm³/mol. The summed E-state index contributed by atoms with van der Waals surface area (Å²) in [5.41, 5.74) is 1.21. The number of imidazole rings is 1. The average molecular weight is 509 g/mol. The van der Waals surface area contributed by atoms with Crippen LogP contribution in [-0.2, 0) is 27.2 Å². The van der Waals surface area contributed by atoms with Crippen LogP contribution in [0.2, 0.25) is 0 Å². The van der Waals surface area contributed by atoms with Gasteiger partial charge in [-0.25, -0.2) is 19.0 Å². The third kappa shape index (κ3) is 6.32. The van der Waals surface area contributed by atoms with Crippen molar-refractivity contribution < 1.29 is 45.4 Å². The zero-order valence-corrected chi connectivity index (χ0v) is 20.3. The lowest BCUT2D eigenvalue weighted by Crippen LogP contribution is -3.00. The molecule has 2 heterocycles. The van der Waals surface area contributed by atoms with Gasteiger partial charge in [-0.15, -0.1) is 4.57 Å². The topological polar surface area (TPSA) is 93.8 Å². The van der Waals surface area contributed by atoms with Gasteiger partial charge in [0.15, 0.2) is 5.69 Å². The molecule has 0 radical (unpaired) electrons. The zero-order valence-electron chi connectivity index (χ0n) is 18.7. The van der Waals surface area contributed by atoms with Gasteiger partial charge in [-0.1, -0.05) is 30.3 Å². The highest BCUT2D eigenvalue weighted by Crippen LogP contribution is 2.18. The molecule has 0 bridgehead atoms. The van der Waals surface area contributed by atoms with Crippen LogP contribution in [0.15, 0.2) is 42.9 Å². The Bertz CT molecular complexity index is 955. The first-order valence-corrected chi connectivity index (χ1v) is 10.2. The number of nitrogens with zero attached hydrogens (tertiary/aromatic N) is 3. The van der Waals surface area contributed by atoms with Crippen molar-refractivity contribution in [1.82, 2.24) is 14.8 Å². The minimum atomic E-state index is -0.759. The molecule has 2 amide bonds. The summed E-state index contributed by atoms with van der Waals surface area (Å²) in [6.45, 7) is 6.21. The minimum absolute atomic E-state index is 0. The largest absolute Gasteiger partial charge is 1.00 e. The first-order valence-electron chi connectivity index (χ1n) is 10.2. The number of alkyl carbamates (subject to hydrolysis) is 1. The summed E-state index contributed by atoms with van der Waals surface area (Å²) in [6, 6.07) is 8.80. The monoisotopic (exact) mass is 508 g/mol. The molecule has 9 nitrogen and oxygen atoms in total. The van der Waals surface area contributed by atoms with Crippen LogP contribution in [-0.4, -0.2) is 59.4 Å². The fourth-order valence-electron chi connectivity index (χ4n) is 3.48. The Morgan fingerprint density at radius 1 is 1.22 bits per heavy atom. The van der Waals surface area contributed by atoms with Crippen LogP contribution in [0.5, 0.6) is 0 Å². The van der Waals surface area contributed by atoms with E-state index >= 15 is 0 Å². The SMILES string of the molecule is COC(=O)C1Cc2c[n+](Cc3ccccc3)cn2C(=O)N1CCNC(=O)OC(C)(C)C.[Br-]. The Morgan fingerprint density at radius 3 is 2.53 bits per heavy atom. The van der Waals surface area contributed by atoms with E-state index in [-0.39, 0.29) is 36.1 Å². The summed E-state index contributed by atoms with van der Waals surface area (Å²) in [5.74, 6) is -0.493. The quantitative estimate of drug-likeness (QED) is 0.387. The Hall–Kier alpha value is -2.88. The van der Waals surface area contributed by atoms with Crippen molar-refractivity contribution >= 4 is 18.1 Å². The summed E-state index contributed by atoms with van der Waals surface area (Å²) in [7, 11) is 1.30. The van der Waals surface area contributed by atoms with E-state index in [0.717, 1.165) is 11.3 Å². The second-order valence-corrected chi connectivity index (χ2v) is 8.41. The smallest absolute Gasteiger partial charge is 0.416 e. The molecular formula is C22H29BrN4O5. The maximum absolute atomic E-state index is 13.1. The van der Waals surface area contributed by atoms with E-state index in [1.165, 1.54) is 16.6 Å². The van der Waals surface area contributed by atoms with E-state index < -0.39 is 23.7 Å². The van der Waals surface area contributed by atoms with Gasteiger partial charge in [0.05, 0.1) is 7.11 Å². The van der Waals surface area contributed by atoms with Gasteiger partial charge in [-0.05, 0) is 26.3 Å². The number of amides is 2.